The smallest absolute Gasteiger partial charge is 0.409 e. The third kappa shape index (κ3) is 4.43. The fraction of sp³-hybridized carbons (Fsp3) is 0.625. The highest BCUT2D eigenvalue weighted by Gasteiger charge is 2.51. The highest BCUT2D eigenvalue weighted by atomic mass is 19.1. The summed E-state index contributed by atoms with van der Waals surface area (Å²) < 4.78 is 19.5. The summed E-state index contributed by atoms with van der Waals surface area (Å²) in [5.41, 5.74) is 2.31. The van der Waals surface area contributed by atoms with E-state index in [9.17, 15) is 9.18 Å². The number of ether oxygens (including phenoxy) is 1. The molecule has 2 aliphatic heterocycles. The van der Waals surface area contributed by atoms with Gasteiger partial charge in [-0.3, -0.25) is 9.58 Å². The predicted molar refractivity (Wildman–Crippen MR) is 124 cm³/mol. The maximum Gasteiger partial charge on any atom is 0.409 e. The molecule has 0 radical (unpaired) electrons. The first-order chi connectivity index (χ1) is 16.1. The Morgan fingerprint density at radius 3 is 2.85 bits per heavy atom. The molecule has 1 saturated carbocycles. The minimum Gasteiger partial charge on any atom is -0.450 e. The topological polar surface area (TPSA) is 66.7 Å². The van der Waals surface area contributed by atoms with Crippen LogP contribution in [0.3, 0.4) is 0 Å². The Morgan fingerprint density at radius 1 is 1.27 bits per heavy atom. The third-order valence-corrected chi connectivity index (χ3v) is 7.43. The van der Waals surface area contributed by atoms with Crippen molar-refractivity contribution in [2.75, 3.05) is 57.4 Å². The predicted octanol–water partition coefficient (Wildman–Crippen LogP) is 3.05. The summed E-state index contributed by atoms with van der Waals surface area (Å²) in [6, 6.07) is 4.61. The summed E-state index contributed by atoms with van der Waals surface area (Å²) in [6.45, 7) is 7.72. The van der Waals surface area contributed by atoms with Gasteiger partial charge in [-0.15, -0.1) is 0 Å². The van der Waals surface area contributed by atoms with E-state index in [4.69, 9.17) is 4.74 Å². The van der Waals surface area contributed by atoms with Gasteiger partial charge in [0.25, 0.3) is 0 Å². The summed E-state index contributed by atoms with van der Waals surface area (Å²) in [4.78, 5) is 23.5. The van der Waals surface area contributed by atoms with Crippen LogP contribution in [0.2, 0.25) is 0 Å². The van der Waals surface area contributed by atoms with Crippen LogP contribution >= 0.6 is 0 Å². The lowest BCUT2D eigenvalue weighted by molar-refractivity contribution is -0.00294. The zero-order chi connectivity index (χ0) is 22.8. The molecule has 1 spiro atoms. The molecule has 9 heteroatoms. The van der Waals surface area contributed by atoms with Crippen molar-refractivity contribution in [3.8, 4) is 11.1 Å². The van der Waals surface area contributed by atoms with E-state index in [0.29, 0.717) is 18.1 Å². The Hall–Kier alpha value is -2.68. The standard InChI is InChI=1S/C24H33FN6O2/c1-2-33-23(32)30-17-24(18-30)6-5-20(14-24)28-10-12-29(13-11-28)22-21(4-3-8-26-22)19-15-27-31(16-19)9-7-25/h3-4,8,15-16,20H,2,5-7,9-14,17-18H2,1H3/t20-/m1/s1. The van der Waals surface area contributed by atoms with E-state index in [0.717, 1.165) is 56.2 Å². The maximum atomic E-state index is 12.7. The molecule has 1 atom stereocenters. The van der Waals surface area contributed by atoms with E-state index in [1.54, 1.807) is 10.9 Å². The number of likely N-dealkylation sites (tertiary alicyclic amines) is 1. The van der Waals surface area contributed by atoms with Crippen LogP contribution in [0.5, 0.6) is 0 Å². The van der Waals surface area contributed by atoms with E-state index < -0.39 is 6.67 Å². The Kier molecular flexibility index (Phi) is 6.23. The molecule has 8 nitrogen and oxygen atoms in total. The zero-order valence-corrected chi connectivity index (χ0v) is 19.3. The molecule has 2 aromatic rings. The van der Waals surface area contributed by atoms with Crippen LogP contribution in [0.25, 0.3) is 11.1 Å². The van der Waals surface area contributed by atoms with Crippen molar-refractivity contribution < 1.29 is 13.9 Å². The number of halogens is 1. The van der Waals surface area contributed by atoms with Gasteiger partial charge in [0.05, 0.1) is 19.3 Å². The second-order valence-electron chi connectivity index (χ2n) is 9.53. The van der Waals surface area contributed by atoms with Gasteiger partial charge < -0.3 is 14.5 Å². The maximum absolute atomic E-state index is 12.7. The number of alkyl halides is 1. The lowest BCUT2D eigenvalue weighted by Gasteiger charge is -2.48. The molecule has 1 amide bonds. The number of aryl methyl sites for hydroxylation is 1. The number of rotatable bonds is 6. The number of piperazine rings is 1. The van der Waals surface area contributed by atoms with E-state index in [2.05, 4.69) is 25.9 Å². The Bertz CT molecular complexity index is 967. The van der Waals surface area contributed by atoms with Crippen molar-refractivity contribution in [2.24, 2.45) is 5.41 Å². The van der Waals surface area contributed by atoms with E-state index in [1.807, 2.05) is 30.3 Å². The molecule has 3 aliphatic rings. The fourth-order valence-electron chi connectivity index (χ4n) is 5.77. The number of nitrogens with zero attached hydrogens (tertiary/aromatic N) is 6. The quantitative estimate of drug-likeness (QED) is 0.666. The van der Waals surface area contributed by atoms with Crippen molar-refractivity contribution in [3.05, 3.63) is 30.7 Å². The zero-order valence-electron chi connectivity index (χ0n) is 19.3. The fourth-order valence-corrected chi connectivity index (χ4v) is 5.77. The molecule has 178 valence electrons. The van der Waals surface area contributed by atoms with Crippen LogP contribution in [0.1, 0.15) is 26.2 Å². The number of carbonyl (C=O) groups is 1. The van der Waals surface area contributed by atoms with E-state index in [1.165, 1.54) is 19.3 Å². The van der Waals surface area contributed by atoms with Gasteiger partial charge in [0.15, 0.2) is 0 Å². The molecule has 4 heterocycles. The number of anilines is 1. The van der Waals surface area contributed by atoms with Gasteiger partial charge in [0.2, 0.25) is 0 Å². The molecule has 0 unspecified atom stereocenters. The van der Waals surface area contributed by atoms with Gasteiger partial charge in [-0.25, -0.2) is 14.2 Å². The Morgan fingerprint density at radius 2 is 2.09 bits per heavy atom. The highest BCUT2D eigenvalue weighted by Crippen LogP contribution is 2.47. The van der Waals surface area contributed by atoms with Crippen LogP contribution in [0.4, 0.5) is 15.0 Å². The lowest BCUT2D eigenvalue weighted by atomic mass is 9.78. The van der Waals surface area contributed by atoms with Crippen molar-refractivity contribution in [1.29, 1.82) is 0 Å². The molecule has 2 aromatic heterocycles. The molecule has 3 fully saturated rings. The van der Waals surface area contributed by atoms with Gasteiger partial charge >= 0.3 is 6.09 Å². The number of aromatic nitrogens is 3. The SMILES string of the molecule is CCOC(=O)N1CC2(CC[C@@H](N3CCN(c4ncccc4-c4cnn(CCF)c4)CC3)C2)C1. The molecule has 0 aromatic carbocycles. The molecular weight excluding hydrogens is 423 g/mol. The van der Waals surface area contributed by atoms with Crippen molar-refractivity contribution in [2.45, 2.75) is 38.8 Å². The Labute approximate surface area is 194 Å². The first-order valence-electron chi connectivity index (χ1n) is 12.1. The average Bonchev–Trinajstić information content (AvgIpc) is 3.47. The highest BCUT2D eigenvalue weighted by molar-refractivity contribution is 5.75. The Balaban J connectivity index is 1.18. The minimum absolute atomic E-state index is 0.165. The largest absolute Gasteiger partial charge is 0.450 e. The minimum atomic E-state index is -0.424. The van der Waals surface area contributed by atoms with Crippen LogP contribution in [-0.2, 0) is 11.3 Å². The summed E-state index contributed by atoms with van der Waals surface area (Å²) in [5, 5.41) is 4.28. The van der Waals surface area contributed by atoms with Gasteiger partial charge in [-0.1, -0.05) is 0 Å². The average molecular weight is 457 g/mol. The number of hydrogen-bond donors (Lipinski definition) is 0. The first-order valence-corrected chi connectivity index (χ1v) is 12.1. The van der Waals surface area contributed by atoms with Crippen LogP contribution in [-0.4, -0.2) is 89.2 Å². The number of hydrogen-bond acceptors (Lipinski definition) is 6. The summed E-state index contributed by atoms with van der Waals surface area (Å²) in [7, 11) is 0. The molecular formula is C24H33FN6O2. The van der Waals surface area contributed by atoms with Crippen LogP contribution < -0.4 is 4.90 Å². The third-order valence-electron chi connectivity index (χ3n) is 7.43. The van der Waals surface area contributed by atoms with Gasteiger partial charge in [0, 0.05) is 74.2 Å². The van der Waals surface area contributed by atoms with Gasteiger partial charge in [-0.2, -0.15) is 5.10 Å². The molecule has 5 rings (SSSR count). The summed E-state index contributed by atoms with van der Waals surface area (Å²) >= 11 is 0. The lowest BCUT2D eigenvalue weighted by Crippen LogP contribution is -2.58. The van der Waals surface area contributed by atoms with Crippen molar-refractivity contribution in [3.63, 3.8) is 0 Å². The van der Waals surface area contributed by atoms with Gasteiger partial charge in [-0.05, 0) is 38.3 Å². The second kappa shape index (κ2) is 9.29. The van der Waals surface area contributed by atoms with Gasteiger partial charge in [0.1, 0.15) is 12.5 Å². The molecule has 0 N–H and O–H groups in total. The number of pyridine rings is 1. The second-order valence-corrected chi connectivity index (χ2v) is 9.53. The van der Waals surface area contributed by atoms with E-state index >= 15 is 0 Å². The van der Waals surface area contributed by atoms with Crippen LogP contribution in [0, 0.1) is 5.41 Å². The molecule has 0 bridgehead atoms. The van der Waals surface area contributed by atoms with Crippen LogP contribution in [0.15, 0.2) is 30.7 Å². The molecule has 33 heavy (non-hydrogen) atoms. The first kappa shape index (κ1) is 22.1. The van der Waals surface area contributed by atoms with E-state index in [-0.39, 0.29) is 12.6 Å². The van der Waals surface area contributed by atoms with Crippen molar-refractivity contribution in [1.82, 2.24) is 24.6 Å². The van der Waals surface area contributed by atoms with Crippen molar-refractivity contribution >= 4 is 11.9 Å². The number of amides is 1. The molecule has 2 saturated heterocycles. The summed E-state index contributed by atoms with van der Waals surface area (Å²) in [6.07, 6.45) is 8.94. The normalized spacial score (nSPS) is 22.5. The monoisotopic (exact) mass is 456 g/mol. The summed E-state index contributed by atoms with van der Waals surface area (Å²) in [5.74, 6) is 0.976. The molecule has 1 aliphatic carbocycles. The number of carbonyl (C=O) groups excluding carboxylic acids is 1.